The molecule has 0 bridgehead atoms. The third-order valence-corrected chi connectivity index (χ3v) is 4.76. The predicted molar refractivity (Wildman–Crippen MR) is 118 cm³/mol. The van der Waals surface area contributed by atoms with Crippen LogP contribution in [-0.2, 0) is 11.3 Å². The van der Waals surface area contributed by atoms with Crippen LogP contribution in [0.2, 0.25) is 0 Å². The van der Waals surface area contributed by atoms with Gasteiger partial charge in [-0.25, -0.2) is 4.39 Å². The van der Waals surface area contributed by atoms with Crippen molar-refractivity contribution < 1.29 is 23.2 Å². The summed E-state index contributed by atoms with van der Waals surface area (Å²) in [6, 6.07) is 13.6. The van der Waals surface area contributed by atoms with Crippen LogP contribution in [0.25, 0.3) is 22.8 Å². The number of benzene rings is 2. The van der Waals surface area contributed by atoms with Gasteiger partial charge in [0.05, 0.1) is 14.2 Å². The molecule has 33 heavy (non-hydrogen) atoms. The molecule has 9 nitrogen and oxygen atoms in total. The van der Waals surface area contributed by atoms with E-state index in [1.807, 2.05) is 0 Å². The van der Waals surface area contributed by atoms with Gasteiger partial charge >= 0.3 is 0 Å². The fraction of sp³-hybridized carbons (Fsp3) is 0.130. The van der Waals surface area contributed by atoms with Crippen molar-refractivity contribution in [2.45, 2.75) is 6.54 Å². The molecule has 4 rings (SSSR count). The van der Waals surface area contributed by atoms with Crippen LogP contribution in [0.15, 0.2) is 70.1 Å². The Morgan fingerprint density at radius 2 is 1.85 bits per heavy atom. The number of rotatable bonds is 7. The van der Waals surface area contributed by atoms with Crippen molar-refractivity contribution in [3.63, 3.8) is 0 Å². The fourth-order valence-corrected chi connectivity index (χ4v) is 3.14. The van der Waals surface area contributed by atoms with Crippen LogP contribution in [0.4, 0.5) is 10.1 Å². The first kappa shape index (κ1) is 21.8. The van der Waals surface area contributed by atoms with E-state index >= 15 is 0 Å². The van der Waals surface area contributed by atoms with Crippen molar-refractivity contribution in [3.05, 3.63) is 77.0 Å². The summed E-state index contributed by atoms with van der Waals surface area (Å²) >= 11 is 0. The highest BCUT2D eigenvalue weighted by Gasteiger charge is 2.17. The van der Waals surface area contributed by atoms with E-state index in [0.717, 1.165) is 0 Å². The summed E-state index contributed by atoms with van der Waals surface area (Å²) in [5, 5.41) is 6.56. The second kappa shape index (κ2) is 9.35. The number of pyridine rings is 1. The number of methoxy groups -OCH3 is 2. The minimum atomic E-state index is -0.478. The zero-order chi connectivity index (χ0) is 23.4. The molecular weight excluding hydrogens is 431 g/mol. The molecule has 4 aromatic rings. The predicted octanol–water partition coefficient (Wildman–Crippen LogP) is 3.36. The lowest BCUT2D eigenvalue weighted by Crippen LogP contribution is -2.28. The Labute approximate surface area is 187 Å². The number of hydrogen-bond donors (Lipinski definition) is 1. The minimum absolute atomic E-state index is 0.0121. The molecule has 1 N–H and O–H groups in total. The molecule has 0 saturated carbocycles. The van der Waals surface area contributed by atoms with Gasteiger partial charge in [-0.1, -0.05) is 5.16 Å². The number of carbonyl (C=O) groups is 1. The number of hydrogen-bond acceptors (Lipinski definition) is 7. The van der Waals surface area contributed by atoms with Gasteiger partial charge in [-0.05, 0) is 54.6 Å². The molecule has 2 heterocycles. The van der Waals surface area contributed by atoms with Gasteiger partial charge in [0.2, 0.25) is 11.7 Å². The standard InChI is InChI=1S/C23H19FN4O5/c1-31-18-10-5-14(12-19(18)32-2)21-26-22(33-27-21)17-4-3-11-28(23(17)30)13-20(29)25-16-8-6-15(24)7-9-16/h3-12H,13H2,1-2H3,(H,25,29). The monoisotopic (exact) mass is 450 g/mol. The molecule has 0 aliphatic rings. The van der Waals surface area contributed by atoms with E-state index in [-0.39, 0.29) is 23.8 Å². The van der Waals surface area contributed by atoms with Crippen molar-refractivity contribution in [1.82, 2.24) is 14.7 Å². The average Bonchev–Trinajstić information content (AvgIpc) is 3.31. The zero-order valence-corrected chi connectivity index (χ0v) is 17.7. The molecule has 0 aliphatic heterocycles. The summed E-state index contributed by atoms with van der Waals surface area (Å²) in [4.78, 5) is 29.5. The number of nitrogens with one attached hydrogen (secondary N) is 1. The number of nitrogens with zero attached hydrogens (tertiary/aromatic N) is 3. The highest BCUT2D eigenvalue weighted by atomic mass is 19.1. The maximum absolute atomic E-state index is 13.0. The first-order valence-corrected chi connectivity index (χ1v) is 9.80. The second-order valence-electron chi connectivity index (χ2n) is 6.90. The van der Waals surface area contributed by atoms with Crippen molar-refractivity contribution in [2.75, 3.05) is 19.5 Å². The van der Waals surface area contributed by atoms with Crippen LogP contribution in [0.5, 0.6) is 11.5 Å². The molecule has 0 saturated heterocycles. The summed E-state index contributed by atoms with van der Waals surface area (Å²) in [7, 11) is 3.05. The highest BCUT2D eigenvalue weighted by molar-refractivity contribution is 5.90. The van der Waals surface area contributed by atoms with E-state index in [0.29, 0.717) is 22.7 Å². The Balaban J connectivity index is 1.56. The van der Waals surface area contributed by atoms with E-state index in [9.17, 15) is 14.0 Å². The van der Waals surface area contributed by atoms with Crippen LogP contribution >= 0.6 is 0 Å². The first-order valence-electron chi connectivity index (χ1n) is 9.80. The molecule has 168 valence electrons. The molecule has 1 amide bonds. The Morgan fingerprint density at radius 1 is 1.09 bits per heavy atom. The molecule has 0 aliphatic carbocycles. The van der Waals surface area contributed by atoms with Crippen LogP contribution in [0.1, 0.15) is 0 Å². The zero-order valence-electron chi connectivity index (χ0n) is 17.7. The Bertz CT molecular complexity index is 1350. The van der Waals surface area contributed by atoms with Gasteiger partial charge in [0.1, 0.15) is 17.9 Å². The van der Waals surface area contributed by atoms with Crippen LogP contribution in [-0.4, -0.2) is 34.8 Å². The van der Waals surface area contributed by atoms with Crippen molar-refractivity contribution in [1.29, 1.82) is 0 Å². The van der Waals surface area contributed by atoms with Gasteiger partial charge in [0.15, 0.2) is 11.5 Å². The largest absolute Gasteiger partial charge is 0.493 e. The van der Waals surface area contributed by atoms with E-state index < -0.39 is 17.3 Å². The maximum Gasteiger partial charge on any atom is 0.263 e. The second-order valence-corrected chi connectivity index (χ2v) is 6.90. The lowest BCUT2D eigenvalue weighted by atomic mass is 10.2. The Kier molecular flexibility index (Phi) is 6.16. The molecule has 0 atom stereocenters. The van der Waals surface area contributed by atoms with Crippen LogP contribution in [0.3, 0.4) is 0 Å². The lowest BCUT2D eigenvalue weighted by molar-refractivity contribution is -0.116. The molecule has 0 spiro atoms. The number of amides is 1. The average molecular weight is 450 g/mol. The molecule has 0 fully saturated rings. The quantitative estimate of drug-likeness (QED) is 0.460. The third kappa shape index (κ3) is 4.74. The molecule has 10 heteroatoms. The SMILES string of the molecule is COc1ccc(-c2noc(-c3cccn(CC(=O)Nc4ccc(F)cc4)c3=O)n2)cc1OC. The molecular formula is C23H19FN4O5. The van der Waals surface area contributed by atoms with Gasteiger partial charge < -0.3 is 23.9 Å². The molecule has 0 unspecified atom stereocenters. The topological polar surface area (TPSA) is 108 Å². The third-order valence-electron chi connectivity index (χ3n) is 4.76. The molecule has 2 aromatic carbocycles. The van der Waals surface area contributed by atoms with Gasteiger partial charge in [0.25, 0.3) is 11.4 Å². The number of carbonyl (C=O) groups excluding carboxylic acids is 1. The summed E-state index contributed by atoms with van der Waals surface area (Å²) in [5.74, 6) is 0.458. The van der Waals surface area contributed by atoms with Crippen molar-refractivity contribution in [3.8, 4) is 34.3 Å². The smallest absolute Gasteiger partial charge is 0.263 e. The normalized spacial score (nSPS) is 10.6. The maximum atomic E-state index is 13.0. The van der Waals surface area contributed by atoms with Crippen molar-refractivity contribution in [2.24, 2.45) is 0 Å². The minimum Gasteiger partial charge on any atom is -0.493 e. The Hall–Kier alpha value is -4.47. The van der Waals surface area contributed by atoms with Crippen molar-refractivity contribution >= 4 is 11.6 Å². The number of ether oxygens (including phenoxy) is 2. The number of aromatic nitrogens is 3. The number of anilines is 1. The summed E-state index contributed by atoms with van der Waals surface area (Å²) in [6.07, 6.45) is 1.47. The van der Waals surface area contributed by atoms with Gasteiger partial charge in [0, 0.05) is 17.4 Å². The van der Waals surface area contributed by atoms with E-state index in [1.165, 1.54) is 55.3 Å². The van der Waals surface area contributed by atoms with Crippen LogP contribution in [0, 0.1) is 5.82 Å². The van der Waals surface area contributed by atoms with E-state index in [1.54, 1.807) is 24.3 Å². The molecule has 2 aromatic heterocycles. The van der Waals surface area contributed by atoms with Gasteiger partial charge in [-0.3, -0.25) is 9.59 Å². The van der Waals surface area contributed by atoms with E-state index in [2.05, 4.69) is 15.5 Å². The Morgan fingerprint density at radius 3 is 2.58 bits per heavy atom. The lowest BCUT2D eigenvalue weighted by Gasteiger charge is -2.08. The summed E-state index contributed by atoms with van der Waals surface area (Å²) in [6.45, 7) is -0.249. The van der Waals surface area contributed by atoms with Gasteiger partial charge in [-0.15, -0.1) is 0 Å². The first-order chi connectivity index (χ1) is 16.0. The van der Waals surface area contributed by atoms with Crippen LogP contribution < -0.4 is 20.3 Å². The number of halogens is 1. The highest BCUT2D eigenvalue weighted by Crippen LogP contribution is 2.31. The summed E-state index contributed by atoms with van der Waals surface area (Å²) < 4.78 is 30.1. The fourth-order valence-electron chi connectivity index (χ4n) is 3.14. The van der Waals surface area contributed by atoms with Gasteiger partial charge in [-0.2, -0.15) is 4.98 Å². The molecule has 0 radical (unpaired) electrons. The van der Waals surface area contributed by atoms with E-state index in [4.69, 9.17) is 14.0 Å². The summed E-state index contributed by atoms with van der Waals surface area (Å²) in [5.41, 5.74) is 0.695.